The molecule has 0 aliphatic heterocycles. The highest BCUT2D eigenvalue weighted by Crippen LogP contribution is 2.38. The van der Waals surface area contributed by atoms with Gasteiger partial charge in [-0.05, 0) is 41.1 Å². The largest absolute Gasteiger partial charge is 0.465 e. The fourth-order valence-corrected chi connectivity index (χ4v) is 5.90. The molecule has 1 heterocycles. The van der Waals surface area contributed by atoms with Crippen molar-refractivity contribution < 1.29 is 22.7 Å². The van der Waals surface area contributed by atoms with E-state index in [0.29, 0.717) is 16.5 Å². The molecule has 0 radical (unpaired) electrons. The Morgan fingerprint density at radius 2 is 1.75 bits per heavy atom. The summed E-state index contributed by atoms with van der Waals surface area (Å²) in [6.45, 7) is 0. The van der Waals surface area contributed by atoms with E-state index in [1.54, 1.807) is 6.07 Å². The molecule has 0 amide bonds. The monoisotopic (exact) mass is 507 g/mol. The third-order valence-corrected chi connectivity index (χ3v) is 7.65. The van der Waals surface area contributed by atoms with Crippen LogP contribution in [0.15, 0.2) is 70.9 Å². The molecule has 0 aliphatic carbocycles. The van der Waals surface area contributed by atoms with E-state index >= 15 is 0 Å². The van der Waals surface area contributed by atoms with Gasteiger partial charge in [-0.25, -0.2) is 13.2 Å². The average molecular weight is 508 g/mol. The molecule has 1 aromatic heterocycles. The van der Waals surface area contributed by atoms with Crippen molar-refractivity contribution >= 4 is 67.0 Å². The molecule has 0 saturated carbocycles. The molecule has 4 rings (SSSR count). The number of fused-ring (bicyclic) bond motifs is 1. The number of hydrogen-bond donors (Lipinski definition) is 1. The standard InChI is InChI=1S/C22H15Cl2NO5S2/c1-29-22(26)21-19(10-11-31-21)32(27,28)25-14-7-9-17(16(23)12-14)30-18-8-6-13-4-2-3-5-15(13)20(18)24/h2-12,25H,1H3. The van der Waals surface area contributed by atoms with Gasteiger partial charge in [0.05, 0.1) is 22.8 Å². The van der Waals surface area contributed by atoms with Crippen LogP contribution in [-0.2, 0) is 14.8 Å². The van der Waals surface area contributed by atoms with Crippen molar-refractivity contribution in [2.45, 2.75) is 4.90 Å². The molecule has 0 unspecified atom stereocenters. The molecule has 0 aliphatic rings. The van der Waals surface area contributed by atoms with Crippen LogP contribution < -0.4 is 9.46 Å². The summed E-state index contributed by atoms with van der Waals surface area (Å²) in [6, 6.07) is 17.0. The van der Waals surface area contributed by atoms with Gasteiger partial charge >= 0.3 is 5.97 Å². The van der Waals surface area contributed by atoms with Crippen molar-refractivity contribution in [2.75, 3.05) is 11.8 Å². The lowest BCUT2D eigenvalue weighted by Crippen LogP contribution is -2.15. The van der Waals surface area contributed by atoms with E-state index in [1.165, 1.54) is 36.8 Å². The van der Waals surface area contributed by atoms with Crippen LogP contribution in [0, 0.1) is 0 Å². The summed E-state index contributed by atoms with van der Waals surface area (Å²) in [5.41, 5.74) is 0.203. The Balaban J connectivity index is 1.59. The lowest BCUT2D eigenvalue weighted by atomic mass is 10.1. The first kappa shape index (κ1) is 22.4. The smallest absolute Gasteiger partial charge is 0.349 e. The van der Waals surface area contributed by atoms with Gasteiger partial charge in [0.1, 0.15) is 21.3 Å². The zero-order valence-corrected chi connectivity index (χ0v) is 19.6. The van der Waals surface area contributed by atoms with E-state index in [-0.39, 0.29) is 20.5 Å². The Kier molecular flexibility index (Phi) is 6.30. The molecule has 1 N–H and O–H groups in total. The number of benzene rings is 3. The third kappa shape index (κ3) is 4.40. The molecule has 10 heteroatoms. The van der Waals surface area contributed by atoms with Crippen molar-refractivity contribution in [3.05, 3.63) is 81.0 Å². The minimum Gasteiger partial charge on any atom is -0.465 e. The van der Waals surface area contributed by atoms with E-state index in [1.807, 2.05) is 30.3 Å². The molecule has 0 bridgehead atoms. The first-order valence-corrected chi connectivity index (χ1v) is 12.3. The van der Waals surface area contributed by atoms with Crippen LogP contribution in [0.5, 0.6) is 11.5 Å². The highest BCUT2D eigenvalue weighted by Gasteiger charge is 2.25. The summed E-state index contributed by atoms with van der Waals surface area (Å²) in [5.74, 6) is -0.00594. The van der Waals surface area contributed by atoms with Crippen LogP contribution in [0.1, 0.15) is 9.67 Å². The van der Waals surface area contributed by atoms with E-state index < -0.39 is 16.0 Å². The van der Waals surface area contributed by atoms with Gasteiger partial charge < -0.3 is 9.47 Å². The number of anilines is 1. The maximum absolute atomic E-state index is 12.8. The first-order valence-electron chi connectivity index (χ1n) is 9.13. The lowest BCUT2D eigenvalue weighted by molar-refractivity contribution is 0.0602. The highest BCUT2D eigenvalue weighted by atomic mass is 35.5. The van der Waals surface area contributed by atoms with Crippen molar-refractivity contribution in [1.29, 1.82) is 0 Å². The molecule has 3 aromatic carbocycles. The molecular weight excluding hydrogens is 493 g/mol. The number of halogens is 2. The highest BCUT2D eigenvalue weighted by molar-refractivity contribution is 7.93. The van der Waals surface area contributed by atoms with Crippen LogP contribution in [0.3, 0.4) is 0 Å². The fraction of sp³-hybridized carbons (Fsp3) is 0.0455. The normalized spacial score (nSPS) is 11.3. The van der Waals surface area contributed by atoms with Gasteiger partial charge in [-0.2, -0.15) is 0 Å². The van der Waals surface area contributed by atoms with Crippen molar-refractivity contribution in [3.8, 4) is 11.5 Å². The number of carbonyl (C=O) groups is 1. The fourth-order valence-electron chi connectivity index (χ4n) is 3.02. The third-order valence-electron chi connectivity index (χ3n) is 4.52. The molecular formula is C22H15Cl2NO5S2. The molecule has 32 heavy (non-hydrogen) atoms. The molecule has 6 nitrogen and oxygen atoms in total. The molecule has 0 fully saturated rings. The van der Waals surface area contributed by atoms with Gasteiger partial charge in [0.25, 0.3) is 10.0 Å². The summed E-state index contributed by atoms with van der Waals surface area (Å²) >= 11 is 13.8. The van der Waals surface area contributed by atoms with Crippen LogP contribution in [-0.4, -0.2) is 21.5 Å². The number of ether oxygens (including phenoxy) is 2. The SMILES string of the molecule is COC(=O)c1sccc1S(=O)(=O)Nc1ccc(Oc2ccc3ccccc3c2Cl)c(Cl)c1. The molecule has 0 spiro atoms. The Morgan fingerprint density at radius 3 is 2.50 bits per heavy atom. The van der Waals surface area contributed by atoms with Gasteiger partial charge in [0.15, 0.2) is 0 Å². The van der Waals surface area contributed by atoms with Gasteiger partial charge in [0.2, 0.25) is 0 Å². The maximum Gasteiger partial charge on any atom is 0.349 e. The van der Waals surface area contributed by atoms with E-state index in [4.69, 9.17) is 27.9 Å². The number of methoxy groups -OCH3 is 1. The number of carbonyl (C=O) groups excluding carboxylic acids is 1. The lowest BCUT2D eigenvalue weighted by Gasteiger charge is -2.13. The van der Waals surface area contributed by atoms with Crippen LogP contribution in [0.4, 0.5) is 5.69 Å². The molecule has 164 valence electrons. The average Bonchev–Trinajstić information content (AvgIpc) is 3.28. The summed E-state index contributed by atoms with van der Waals surface area (Å²) in [6.07, 6.45) is 0. The van der Waals surface area contributed by atoms with Crippen LogP contribution >= 0.6 is 34.5 Å². The van der Waals surface area contributed by atoms with Crippen LogP contribution in [0.2, 0.25) is 10.0 Å². The second-order valence-corrected chi connectivity index (χ2v) is 9.91. The van der Waals surface area contributed by atoms with E-state index in [0.717, 1.165) is 22.1 Å². The van der Waals surface area contributed by atoms with Gasteiger partial charge in [-0.15, -0.1) is 11.3 Å². The van der Waals surface area contributed by atoms with E-state index in [9.17, 15) is 13.2 Å². The van der Waals surface area contributed by atoms with Crippen molar-refractivity contribution in [2.24, 2.45) is 0 Å². The van der Waals surface area contributed by atoms with Crippen LogP contribution in [0.25, 0.3) is 10.8 Å². The van der Waals surface area contributed by atoms with Gasteiger partial charge in [-0.1, -0.05) is 53.5 Å². The summed E-state index contributed by atoms with van der Waals surface area (Å²) in [5, 5.41) is 3.92. The number of rotatable bonds is 6. The van der Waals surface area contributed by atoms with E-state index in [2.05, 4.69) is 9.46 Å². The second-order valence-electron chi connectivity index (χ2n) is 6.56. The summed E-state index contributed by atoms with van der Waals surface area (Å²) in [4.78, 5) is 11.6. The van der Waals surface area contributed by atoms with Crippen molar-refractivity contribution in [1.82, 2.24) is 0 Å². The van der Waals surface area contributed by atoms with Gasteiger partial charge in [0, 0.05) is 5.39 Å². The molecule has 0 atom stereocenters. The molecule has 0 saturated heterocycles. The number of esters is 1. The Labute approximate surface area is 198 Å². The molecule has 4 aromatic rings. The Bertz CT molecular complexity index is 1430. The number of nitrogens with one attached hydrogen (secondary N) is 1. The summed E-state index contributed by atoms with van der Waals surface area (Å²) in [7, 11) is -2.85. The minimum absolute atomic E-state index is 0.0167. The summed E-state index contributed by atoms with van der Waals surface area (Å²) < 4.78 is 38.4. The topological polar surface area (TPSA) is 81.7 Å². The number of thiophene rings is 1. The zero-order chi connectivity index (χ0) is 22.9. The zero-order valence-electron chi connectivity index (χ0n) is 16.5. The number of hydrogen-bond acceptors (Lipinski definition) is 6. The van der Waals surface area contributed by atoms with Gasteiger partial charge in [-0.3, -0.25) is 4.72 Å². The van der Waals surface area contributed by atoms with Crippen molar-refractivity contribution in [3.63, 3.8) is 0 Å². The predicted molar refractivity (Wildman–Crippen MR) is 127 cm³/mol. The maximum atomic E-state index is 12.8. The quantitative estimate of drug-likeness (QED) is 0.297. The number of sulfonamides is 1. The minimum atomic E-state index is -4.04. The Morgan fingerprint density at radius 1 is 1.00 bits per heavy atom. The second kappa shape index (κ2) is 8.99. The predicted octanol–water partition coefficient (Wildman–Crippen LogP) is 6.59. The first-order chi connectivity index (χ1) is 15.3. The Hall–Kier alpha value is -2.78.